The zero-order valence-electron chi connectivity index (χ0n) is 20.2. The van der Waals surface area contributed by atoms with Crippen molar-refractivity contribution in [3.8, 4) is 16.9 Å². The van der Waals surface area contributed by atoms with Gasteiger partial charge in [0.15, 0.2) is 0 Å². The maximum absolute atomic E-state index is 14.6. The standard InChI is InChI=1S/C28H27F4NO3/c1-17(2)23-13-24(26(35-3)14-25(23)29)22-10-9-20(28(30,31)32)12-19(22)15-33-21(16-36-27(33)34)11-18-7-5-4-6-8-18/h4-10,12-14,17,21H,11,15-16H2,1-3H3. The smallest absolute Gasteiger partial charge is 0.416 e. The molecule has 3 aromatic carbocycles. The van der Waals surface area contributed by atoms with Gasteiger partial charge < -0.3 is 9.47 Å². The number of amides is 1. The van der Waals surface area contributed by atoms with Crippen molar-refractivity contribution in [2.45, 2.75) is 44.9 Å². The summed E-state index contributed by atoms with van der Waals surface area (Å²) in [5.41, 5.74) is 1.72. The summed E-state index contributed by atoms with van der Waals surface area (Å²) in [4.78, 5) is 14.1. The average Bonchev–Trinajstić information content (AvgIpc) is 3.17. The lowest BCUT2D eigenvalue weighted by atomic mass is 9.92. The van der Waals surface area contributed by atoms with E-state index in [-0.39, 0.29) is 36.4 Å². The fourth-order valence-electron chi connectivity index (χ4n) is 4.48. The van der Waals surface area contributed by atoms with E-state index in [2.05, 4.69) is 0 Å². The third kappa shape index (κ3) is 5.32. The van der Waals surface area contributed by atoms with Gasteiger partial charge in [0.1, 0.15) is 18.2 Å². The van der Waals surface area contributed by atoms with Crippen molar-refractivity contribution in [3.63, 3.8) is 0 Å². The third-order valence-corrected chi connectivity index (χ3v) is 6.39. The summed E-state index contributed by atoms with van der Waals surface area (Å²) in [6.07, 6.45) is -4.66. The molecular formula is C28H27F4NO3. The van der Waals surface area contributed by atoms with Crippen LogP contribution in [0, 0.1) is 5.82 Å². The highest BCUT2D eigenvalue weighted by molar-refractivity contribution is 5.76. The number of ether oxygens (including phenoxy) is 2. The Morgan fingerprint density at radius 2 is 1.78 bits per heavy atom. The summed E-state index contributed by atoms with van der Waals surface area (Å²) in [6, 6.07) is 15.4. The molecule has 0 aliphatic carbocycles. The Kier molecular flexibility index (Phi) is 7.24. The number of alkyl halides is 3. The molecule has 0 aromatic heterocycles. The fourth-order valence-corrected chi connectivity index (χ4v) is 4.48. The number of carbonyl (C=O) groups excluding carboxylic acids is 1. The number of cyclic esters (lactones) is 1. The Balaban J connectivity index is 1.79. The number of halogens is 4. The van der Waals surface area contributed by atoms with Gasteiger partial charge in [-0.15, -0.1) is 0 Å². The Hall–Kier alpha value is -3.55. The lowest BCUT2D eigenvalue weighted by Crippen LogP contribution is -2.34. The van der Waals surface area contributed by atoms with Gasteiger partial charge in [-0.05, 0) is 52.8 Å². The highest BCUT2D eigenvalue weighted by atomic mass is 19.4. The Labute approximate surface area is 207 Å². The zero-order chi connectivity index (χ0) is 26.0. The van der Waals surface area contributed by atoms with E-state index in [9.17, 15) is 22.4 Å². The molecule has 0 spiro atoms. The van der Waals surface area contributed by atoms with Crippen LogP contribution in [0.1, 0.15) is 42.0 Å². The van der Waals surface area contributed by atoms with Crippen LogP contribution < -0.4 is 4.74 Å². The number of hydrogen-bond donors (Lipinski definition) is 0. The second-order valence-electron chi connectivity index (χ2n) is 9.15. The molecule has 1 saturated heterocycles. The lowest BCUT2D eigenvalue weighted by Gasteiger charge is -2.24. The van der Waals surface area contributed by atoms with Gasteiger partial charge in [0.2, 0.25) is 0 Å². The van der Waals surface area contributed by atoms with Crippen LogP contribution in [0.2, 0.25) is 0 Å². The van der Waals surface area contributed by atoms with Gasteiger partial charge in [-0.3, -0.25) is 4.90 Å². The maximum atomic E-state index is 14.6. The minimum atomic E-state index is -4.57. The minimum absolute atomic E-state index is 0.104. The van der Waals surface area contributed by atoms with Gasteiger partial charge in [-0.2, -0.15) is 13.2 Å². The molecule has 1 fully saturated rings. The normalized spacial score (nSPS) is 15.9. The van der Waals surface area contributed by atoms with E-state index in [4.69, 9.17) is 9.47 Å². The predicted molar refractivity (Wildman–Crippen MR) is 128 cm³/mol. The van der Waals surface area contributed by atoms with Gasteiger partial charge >= 0.3 is 12.3 Å². The summed E-state index contributed by atoms with van der Waals surface area (Å²) >= 11 is 0. The zero-order valence-corrected chi connectivity index (χ0v) is 20.2. The second kappa shape index (κ2) is 10.2. The van der Waals surface area contributed by atoms with E-state index in [1.54, 1.807) is 6.07 Å². The quantitative estimate of drug-likeness (QED) is 0.321. The lowest BCUT2D eigenvalue weighted by molar-refractivity contribution is -0.137. The summed E-state index contributed by atoms with van der Waals surface area (Å²) in [7, 11) is 1.38. The van der Waals surface area contributed by atoms with Crippen molar-refractivity contribution in [1.82, 2.24) is 4.90 Å². The molecule has 1 heterocycles. The molecule has 0 saturated carbocycles. The van der Waals surface area contributed by atoms with Crippen molar-refractivity contribution < 1.29 is 31.8 Å². The molecule has 1 atom stereocenters. The Morgan fingerprint density at radius 1 is 1.06 bits per heavy atom. The van der Waals surface area contributed by atoms with Crippen LogP contribution in [0.3, 0.4) is 0 Å². The molecule has 1 unspecified atom stereocenters. The van der Waals surface area contributed by atoms with Gasteiger partial charge in [0.25, 0.3) is 0 Å². The van der Waals surface area contributed by atoms with Crippen LogP contribution in [-0.2, 0) is 23.9 Å². The van der Waals surface area contributed by atoms with E-state index in [1.807, 2.05) is 44.2 Å². The third-order valence-electron chi connectivity index (χ3n) is 6.39. The molecule has 1 amide bonds. The molecule has 1 aliphatic rings. The second-order valence-corrected chi connectivity index (χ2v) is 9.15. The summed E-state index contributed by atoms with van der Waals surface area (Å²) in [5, 5.41) is 0. The van der Waals surface area contributed by atoms with Crippen molar-refractivity contribution >= 4 is 6.09 Å². The number of hydrogen-bond acceptors (Lipinski definition) is 3. The van der Waals surface area contributed by atoms with Crippen LogP contribution in [-0.4, -0.2) is 30.8 Å². The minimum Gasteiger partial charge on any atom is -0.496 e. The van der Waals surface area contributed by atoms with E-state index >= 15 is 0 Å². The number of benzene rings is 3. The summed E-state index contributed by atoms with van der Waals surface area (Å²) in [6.45, 7) is 3.69. The maximum Gasteiger partial charge on any atom is 0.416 e. The van der Waals surface area contributed by atoms with Gasteiger partial charge in [-0.25, -0.2) is 9.18 Å². The van der Waals surface area contributed by atoms with Crippen molar-refractivity contribution in [2.24, 2.45) is 0 Å². The Bertz CT molecular complexity index is 1240. The molecule has 190 valence electrons. The topological polar surface area (TPSA) is 38.8 Å². The Morgan fingerprint density at radius 3 is 2.42 bits per heavy atom. The van der Waals surface area contributed by atoms with Crippen LogP contribution in [0.15, 0.2) is 60.7 Å². The fraction of sp³-hybridized carbons (Fsp3) is 0.321. The monoisotopic (exact) mass is 501 g/mol. The largest absolute Gasteiger partial charge is 0.496 e. The first kappa shape index (κ1) is 25.5. The van der Waals surface area contributed by atoms with Crippen molar-refractivity contribution in [2.75, 3.05) is 13.7 Å². The molecular weight excluding hydrogens is 474 g/mol. The highest BCUT2D eigenvalue weighted by Gasteiger charge is 2.35. The molecule has 0 N–H and O–H groups in total. The highest BCUT2D eigenvalue weighted by Crippen LogP contribution is 2.40. The number of rotatable bonds is 7. The average molecular weight is 502 g/mol. The van der Waals surface area contributed by atoms with E-state index in [0.717, 1.165) is 17.7 Å². The number of carbonyl (C=O) groups is 1. The van der Waals surface area contributed by atoms with E-state index in [1.165, 1.54) is 24.1 Å². The van der Waals surface area contributed by atoms with Gasteiger partial charge in [0.05, 0.1) is 25.3 Å². The molecule has 4 rings (SSSR count). The first-order chi connectivity index (χ1) is 17.1. The molecule has 36 heavy (non-hydrogen) atoms. The van der Waals surface area contributed by atoms with Crippen LogP contribution in [0.25, 0.3) is 11.1 Å². The SMILES string of the molecule is COc1cc(F)c(C(C)C)cc1-c1ccc(C(F)(F)F)cc1CN1C(=O)OCC1Cc1ccccc1. The molecule has 3 aromatic rings. The number of nitrogens with zero attached hydrogens (tertiary/aromatic N) is 1. The van der Waals surface area contributed by atoms with E-state index < -0.39 is 23.7 Å². The molecule has 0 bridgehead atoms. The molecule has 4 nitrogen and oxygen atoms in total. The molecule has 1 aliphatic heterocycles. The number of methoxy groups -OCH3 is 1. The van der Waals surface area contributed by atoms with Crippen LogP contribution >= 0.6 is 0 Å². The van der Waals surface area contributed by atoms with Crippen LogP contribution in [0.4, 0.5) is 22.4 Å². The van der Waals surface area contributed by atoms with Crippen molar-refractivity contribution in [1.29, 1.82) is 0 Å². The summed E-state index contributed by atoms with van der Waals surface area (Å²) in [5.74, 6) is -0.413. The molecule has 0 radical (unpaired) electrons. The molecule has 8 heteroatoms. The van der Waals surface area contributed by atoms with Crippen molar-refractivity contribution in [3.05, 3.63) is 88.7 Å². The van der Waals surface area contributed by atoms with Gasteiger partial charge in [-0.1, -0.05) is 50.2 Å². The first-order valence-electron chi connectivity index (χ1n) is 11.6. The van der Waals surface area contributed by atoms with Gasteiger partial charge in [0, 0.05) is 11.6 Å². The van der Waals surface area contributed by atoms with Crippen LogP contribution in [0.5, 0.6) is 5.75 Å². The predicted octanol–water partition coefficient (Wildman–Crippen LogP) is 7.21. The van der Waals surface area contributed by atoms with E-state index in [0.29, 0.717) is 23.1 Å². The summed E-state index contributed by atoms with van der Waals surface area (Å²) < 4.78 is 66.2. The first-order valence-corrected chi connectivity index (χ1v) is 11.6.